The lowest BCUT2D eigenvalue weighted by Gasteiger charge is -2.40. The minimum Gasteiger partial charge on any atom is -0.244 e. The highest BCUT2D eigenvalue weighted by atomic mass is 79.9. The lowest BCUT2D eigenvalue weighted by atomic mass is 9.68. The first-order chi connectivity index (χ1) is 13.7. The fourth-order valence-corrected chi connectivity index (χ4v) is 5.79. The molecule has 0 unspecified atom stereocenters. The largest absolute Gasteiger partial charge is 0.244 e. The summed E-state index contributed by atoms with van der Waals surface area (Å²) in [5, 5.41) is 0. The monoisotopic (exact) mass is 508 g/mol. The van der Waals surface area contributed by atoms with Crippen molar-refractivity contribution in [2.45, 2.75) is 15.2 Å². The Hall–Kier alpha value is -1.95. The van der Waals surface area contributed by atoms with Gasteiger partial charge in [-0.2, -0.15) is 0 Å². The highest BCUT2D eigenvalue weighted by molar-refractivity contribution is 9.10. The van der Waals surface area contributed by atoms with E-state index in [1.54, 1.807) is 11.8 Å². The van der Waals surface area contributed by atoms with Crippen LogP contribution in [0.4, 0.5) is 0 Å². The summed E-state index contributed by atoms with van der Waals surface area (Å²) in [7, 11) is 0. The van der Waals surface area contributed by atoms with Crippen molar-refractivity contribution in [2.75, 3.05) is 0 Å². The molecule has 1 aliphatic rings. The second-order valence-corrected chi connectivity index (χ2v) is 9.24. The van der Waals surface area contributed by atoms with E-state index >= 15 is 0 Å². The third-order valence-corrected chi connectivity index (χ3v) is 7.04. The summed E-state index contributed by atoms with van der Waals surface area (Å²) < 4.78 is 1.63. The number of halogens is 2. The van der Waals surface area contributed by atoms with Gasteiger partial charge in [-0.3, -0.25) is 0 Å². The van der Waals surface area contributed by atoms with Crippen molar-refractivity contribution >= 4 is 43.6 Å². The van der Waals surface area contributed by atoms with Crippen molar-refractivity contribution in [1.82, 2.24) is 9.97 Å². The van der Waals surface area contributed by atoms with Gasteiger partial charge in [0.1, 0.15) is 14.6 Å². The van der Waals surface area contributed by atoms with Gasteiger partial charge in [0.2, 0.25) is 0 Å². The fraction of sp³-hybridized carbons (Fsp3) is 0.0435. The van der Waals surface area contributed by atoms with Crippen LogP contribution in [0.2, 0.25) is 0 Å². The first kappa shape index (κ1) is 18.1. The van der Waals surface area contributed by atoms with E-state index in [2.05, 4.69) is 92.5 Å². The van der Waals surface area contributed by atoms with Gasteiger partial charge in [-0.25, -0.2) is 9.97 Å². The summed E-state index contributed by atoms with van der Waals surface area (Å²) in [4.78, 5) is 12.3. The van der Waals surface area contributed by atoms with Gasteiger partial charge in [0, 0.05) is 9.79 Å². The van der Waals surface area contributed by atoms with Crippen molar-refractivity contribution in [3.63, 3.8) is 0 Å². The number of aromatic nitrogens is 2. The van der Waals surface area contributed by atoms with Crippen LogP contribution in [0.5, 0.6) is 0 Å². The fourth-order valence-electron chi connectivity index (χ4n) is 3.91. The quantitative estimate of drug-likeness (QED) is 0.243. The third kappa shape index (κ3) is 2.76. The molecule has 5 rings (SSSR count). The number of nitrogens with zero attached hydrogens (tertiary/aromatic N) is 2. The number of hydrogen-bond donors (Lipinski definition) is 0. The first-order valence-corrected chi connectivity index (χ1v) is 11.2. The minimum absolute atomic E-state index is 0.591. The molecule has 0 spiro atoms. The molecule has 0 atom stereocenters. The molecule has 1 aliphatic heterocycles. The standard InChI is InChI=1S/C23H14Br2N2S/c24-21-13-5-11-19(26-21)23(20-12-6-14-22(25)27-20)15-7-1-3-9-17(15)28-18-10-4-2-8-16(18)23/h1-14H. The highest BCUT2D eigenvalue weighted by Crippen LogP contribution is 2.54. The molecular weight excluding hydrogens is 496 g/mol. The van der Waals surface area contributed by atoms with Crippen LogP contribution in [0.1, 0.15) is 22.5 Å². The maximum absolute atomic E-state index is 4.92. The van der Waals surface area contributed by atoms with E-state index in [1.807, 2.05) is 24.3 Å². The predicted octanol–water partition coefficient (Wildman–Crippen LogP) is 6.85. The lowest BCUT2D eigenvalue weighted by molar-refractivity contribution is 0.650. The molecule has 136 valence electrons. The van der Waals surface area contributed by atoms with Gasteiger partial charge in [0.15, 0.2) is 0 Å². The lowest BCUT2D eigenvalue weighted by Crippen LogP contribution is -2.36. The summed E-state index contributed by atoms with van der Waals surface area (Å²) in [5.74, 6) is 0. The average molecular weight is 510 g/mol. The molecule has 0 amide bonds. The Bertz CT molecular complexity index is 1100. The van der Waals surface area contributed by atoms with E-state index in [1.165, 1.54) is 20.9 Å². The van der Waals surface area contributed by atoms with E-state index in [-0.39, 0.29) is 0 Å². The van der Waals surface area contributed by atoms with Gasteiger partial charge in [-0.1, -0.05) is 60.3 Å². The highest BCUT2D eigenvalue weighted by Gasteiger charge is 2.46. The maximum Gasteiger partial charge on any atom is 0.107 e. The zero-order valence-electron chi connectivity index (χ0n) is 14.6. The van der Waals surface area contributed by atoms with Crippen LogP contribution in [-0.2, 0) is 5.41 Å². The van der Waals surface area contributed by atoms with Crippen molar-refractivity contribution < 1.29 is 0 Å². The molecule has 0 fully saturated rings. The molecule has 0 N–H and O–H groups in total. The molecule has 0 bridgehead atoms. The second-order valence-electron chi connectivity index (χ2n) is 6.54. The van der Waals surface area contributed by atoms with Gasteiger partial charge < -0.3 is 0 Å². The summed E-state index contributed by atoms with van der Waals surface area (Å²) in [6, 6.07) is 29.3. The van der Waals surface area contributed by atoms with Crippen LogP contribution in [0, 0.1) is 0 Å². The van der Waals surface area contributed by atoms with Gasteiger partial charge in [0.25, 0.3) is 0 Å². The van der Waals surface area contributed by atoms with Crippen LogP contribution in [-0.4, -0.2) is 9.97 Å². The Morgan fingerprint density at radius 2 is 1.04 bits per heavy atom. The van der Waals surface area contributed by atoms with Crippen LogP contribution >= 0.6 is 43.6 Å². The molecule has 28 heavy (non-hydrogen) atoms. The topological polar surface area (TPSA) is 25.8 Å². The summed E-state index contributed by atoms with van der Waals surface area (Å²) in [5.41, 5.74) is 3.72. The van der Waals surface area contributed by atoms with Crippen molar-refractivity contribution in [1.29, 1.82) is 0 Å². The number of hydrogen-bond acceptors (Lipinski definition) is 3. The van der Waals surface area contributed by atoms with E-state index in [0.717, 1.165) is 20.6 Å². The zero-order chi connectivity index (χ0) is 19.1. The number of rotatable bonds is 2. The van der Waals surface area contributed by atoms with Crippen LogP contribution < -0.4 is 0 Å². The van der Waals surface area contributed by atoms with E-state index < -0.39 is 5.41 Å². The smallest absolute Gasteiger partial charge is 0.107 e. The number of fused-ring (bicyclic) bond motifs is 2. The van der Waals surface area contributed by atoms with Crippen molar-refractivity contribution in [3.05, 3.63) is 117 Å². The molecule has 0 aliphatic carbocycles. The predicted molar refractivity (Wildman–Crippen MR) is 120 cm³/mol. The summed E-state index contributed by atoms with van der Waals surface area (Å²) in [6.07, 6.45) is 0. The van der Waals surface area contributed by atoms with Crippen molar-refractivity contribution in [2.24, 2.45) is 0 Å². The summed E-state index contributed by atoms with van der Waals surface area (Å²) >= 11 is 8.95. The van der Waals surface area contributed by atoms with Crippen LogP contribution in [0.15, 0.2) is 104 Å². The minimum atomic E-state index is -0.591. The van der Waals surface area contributed by atoms with E-state index in [9.17, 15) is 0 Å². The Balaban J connectivity index is 1.98. The number of pyridine rings is 2. The Kier molecular flexibility index (Phi) is 4.62. The molecule has 0 radical (unpaired) electrons. The maximum atomic E-state index is 4.92. The molecule has 0 saturated carbocycles. The van der Waals surface area contributed by atoms with Gasteiger partial charge in [-0.15, -0.1) is 0 Å². The Morgan fingerprint density at radius 3 is 1.50 bits per heavy atom. The average Bonchev–Trinajstić information content (AvgIpc) is 2.72. The third-order valence-electron chi connectivity index (χ3n) is 5.00. The Labute approximate surface area is 184 Å². The second kappa shape index (κ2) is 7.14. The zero-order valence-corrected chi connectivity index (χ0v) is 18.6. The van der Waals surface area contributed by atoms with E-state index in [4.69, 9.17) is 9.97 Å². The molecule has 2 nitrogen and oxygen atoms in total. The first-order valence-electron chi connectivity index (χ1n) is 8.82. The van der Waals surface area contributed by atoms with Gasteiger partial charge in [0.05, 0.1) is 11.4 Å². The molecule has 2 aromatic heterocycles. The molecule has 3 heterocycles. The van der Waals surface area contributed by atoms with Crippen molar-refractivity contribution in [3.8, 4) is 0 Å². The summed E-state index contributed by atoms with van der Waals surface area (Å²) in [6.45, 7) is 0. The molecule has 5 heteroatoms. The SMILES string of the molecule is Brc1cccc(C2(c3cccc(Br)n3)c3ccccc3Sc3ccccc32)n1. The van der Waals surface area contributed by atoms with Crippen LogP contribution in [0.3, 0.4) is 0 Å². The van der Waals surface area contributed by atoms with Gasteiger partial charge in [-0.05, 0) is 79.4 Å². The molecular formula is C23H14Br2N2S. The normalized spacial score (nSPS) is 14.2. The van der Waals surface area contributed by atoms with Crippen LogP contribution in [0.25, 0.3) is 0 Å². The van der Waals surface area contributed by atoms with Gasteiger partial charge >= 0.3 is 0 Å². The molecule has 2 aromatic carbocycles. The molecule has 0 saturated heterocycles. The Morgan fingerprint density at radius 1 is 0.571 bits per heavy atom. The van der Waals surface area contributed by atoms with E-state index in [0.29, 0.717) is 0 Å². The number of benzene rings is 2. The molecule has 4 aromatic rings.